The first kappa shape index (κ1) is 9.98. The Morgan fingerprint density at radius 2 is 2.20 bits per heavy atom. The third-order valence-electron chi connectivity index (χ3n) is 2.37. The van der Waals surface area contributed by atoms with Crippen LogP contribution < -0.4 is 4.74 Å². The monoisotopic (exact) mass is 206 g/mol. The van der Waals surface area contributed by atoms with Crippen LogP contribution in [0, 0.1) is 0 Å². The number of hydrogen-bond acceptors (Lipinski definition) is 3. The Labute approximate surface area is 88.1 Å². The van der Waals surface area contributed by atoms with Crippen molar-refractivity contribution in [2.45, 2.75) is 19.4 Å². The van der Waals surface area contributed by atoms with Gasteiger partial charge in [-0.3, -0.25) is 0 Å². The Morgan fingerprint density at radius 1 is 1.47 bits per heavy atom. The molecule has 2 rings (SSSR count). The molecule has 0 saturated heterocycles. The van der Waals surface area contributed by atoms with Gasteiger partial charge in [-0.2, -0.15) is 0 Å². The maximum atomic E-state index is 9.98. The molecule has 0 aliphatic carbocycles. The van der Waals surface area contributed by atoms with E-state index in [1.54, 1.807) is 27.2 Å². The molecule has 2 aromatic rings. The molecule has 0 bridgehead atoms. The fourth-order valence-electron chi connectivity index (χ4n) is 1.57. The summed E-state index contributed by atoms with van der Waals surface area (Å²) in [4.78, 5) is 4.15. The van der Waals surface area contributed by atoms with Gasteiger partial charge in [0.25, 0.3) is 0 Å². The third-order valence-corrected chi connectivity index (χ3v) is 2.37. The zero-order valence-electron chi connectivity index (χ0n) is 9.06. The average Bonchev–Trinajstić information content (AvgIpc) is 2.60. The second-order valence-corrected chi connectivity index (χ2v) is 4.01. The third kappa shape index (κ3) is 1.68. The van der Waals surface area contributed by atoms with Crippen LogP contribution in [0.1, 0.15) is 19.4 Å². The normalized spacial score (nSPS) is 12.0. The van der Waals surface area contributed by atoms with Gasteiger partial charge in [0.1, 0.15) is 11.4 Å². The summed E-state index contributed by atoms with van der Waals surface area (Å²) in [6, 6.07) is 1.81. The van der Waals surface area contributed by atoms with Crippen molar-refractivity contribution in [2.75, 3.05) is 7.11 Å². The Kier molecular flexibility index (Phi) is 2.16. The summed E-state index contributed by atoms with van der Waals surface area (Å²) in [7, 11) is 1.59. The molecular weight excluding hydrogens is 192 g/mol. The summed E-state index contributed by atoms with van der Waals surface area (Å²) in [5.74, 6) is 0.654. The predicted molar refractivity (Wildman–Crippen MR) is 57.0 cm³/mol. The number of imidazole rings is 1. The Hall–Kier alpha value is -1.55. The van der Waals surface area contributed by atoms with Crippen LogP contribution in [0.2, 0.25) is 0 Å². The molecular formula is C11H14N2O2. The first-order valence-electron chi connectivity index (χ1n) is 4.76. The van der Waals surface area contributed by atoms with Gasteiger partial charge in [0.15, 0.2) is 0 Å². The van der Waals surface area contributed by atoms with Crippen LogP contribution >= 0.6 is 0 Å². The Morgan fingerprint density at radius 3 is 2.80 bits per heavy atom. The van der Waals surface area contributed by atoms with Crippen LogP contribution in [0.15, 0.2) is 24.7 Å². The quantitative estimate of drug-likeness (QED) is 0.811. The number of methoxy groups -OCH3 is 1. The lowest BCUT2D eigenvalue weighted by Gasteiger charge is -2.20. The van der Waals surface area contributed by atoms with Crippen molar-refractivity contribution in [3.63, 3.8) is 0 Å². The number of pyridine rings is 1. The maximum absolute atomic E-state index is 9.98. The van der Waals surface area contributed by atoms with E-state index in [9.17, 15) is 5.11 Å². The van der Waals surface area contributed by atoms with Gasteiger partial charge in [0.2, 0.25) is 0 Å². The summed E-state index contributed by atoms with van der Waals surface area (Å²) in [6.07, 6.45) is 5.38. The molecule has 4 nitrogen and oxygen atoms in total. The van der Waals surface area contributed by atoms with Gasteiger partial charge in [0.05, 0.1) is 12.7 Å². The molecule has 4 heteroatoms. The number of aromatic nitrogens is 2. The fraction of sp³-hybridized carbons (Fsp3) is 0.364. The predicted octanol–water partition coefficient (Wildman–Crippen LogP) is 1.57. The van der Waals surface area contributed by atoms with Gasteiger partial charge < -0.3 is 14.2 Å². The minimum atomic E-state index is -0.927. The number of nitrogens with zero attached hydrogens (tertiary/aromatic N) is 2. The lowest BCUT2D eigenvalue weighted by Crippen LogP contribution is -2.17. The summed E-state index contributed by atoms with van der Waals surface area (Å²) in [5.41, 5.74) is 0.624. The minimum absolute atomic E-state index is 0.654. The molecule has 0 aliphatic heterocycles. The highest BCUT2D eigenvalue weighted by atomic mass is 16.5. The van der Waals surface area contributed by atoms with E-state index < -0.39 is 5.60 Å². The molecule has 0 aliphatic rings. The highest BCUT2D eigenvalue weighted by Crippen LogP contribution is 2.30. The van der Waals surface area contributed by atoms with Crippen molar-refractivity contribution in [3.8, 4) is 5.75 Å². The molecule has 0 amide bonds. The van der Waals surface area contributed by atoms with Crippen LogP contribution in [0.25, 0.3) is 5.65 Å². The van der Waals surface area contributed by atoms with Gasteiger partial charge in [-0.15, -0.1) is 0 Å². The molecule has 0 fully saturated rings. The lowest BCUT2D eigenvalue weighted by atomic mass is 9.99. The Balaban J connectivity index is 2.70. The summed E-state index contributed by atoms with van der Waals surface area (Å²) in [6.45, 7) is 3.46. The molecule has 15 heavy (non-hydrogen) atoms. The lowest BCUT2D eigenvalue weighted by molar-refractivity contribution is 0.0752. The highest BCUT2D eigenvalue weighted by molar-refractivity contribution is 5.49. The molecule has 0 saturated carbocycles. The second kappa shape index (κ2) is 3.24. The largest absolute Gasteiger partial charge is 0.496 e. The van der Waals surface area contributed by atoms with E-state index in [-0.39, 0.29) is 0 Å². The number of ether oxygens (including phenoxy) is 1. The summed E-state index contributed by atoms with van der Waals surface area (Å²) in [5, 5.41) is 9.98. The first-order chi connectivity index (χ1) is 7.02. The standard InChI is InChI=1S/C11H14N2O2/c1-11(2,14)8-7-13-5-4-12-10(13)6-9(8)15-3/h4-7,14H,1-3H3. The molecule has 0 aromatic carbocycles. The smallest absolute Gasteiger partial charge is 0.140 e. The van der Waals surface area contributed by atoms with Crippen LogP contribution in [0.5, 0.6) is 5.75 Å². The zero-order chi connectivity index (χ0) is 11.1. The van der Waals surface area contributed by atoms with Crippen LogP contribution in [0.4, 0.5) is 0 Å². The SMILES string of the molecule is COc1cc2nccn2cc1C(C)(C)O. The first-order valence-corrected chi connectivity index (χ1v) is 4.76. The molecule has 1 N–H and O–H groups in total. The minimum Gasteiger partial charge on any atom is -0.496 e. The highest BCUT2D eigenvalue weighted by Gasteiger charge is 2.21. The molecule has 0 atom stereocenters. The summed E-state index contributed by atoms with van der Waals surface area (Å²) >= 11 is 0. The van der Waals surface area contributed by atoms with Gasteiger partial charge in [-0.05, 0) is 13.8 Å². The van der Waals surface area contributed by atoms with Crippen molar-refractivity contribution in [2.24, 2.45) is 0 Å². The second-order valence-electron chi connectivity index (χ2n) is 4.01. The molecule has 0 spiro atoms. The molecule has 0 radical (unpaired) electrons. The van der Waals surface area contributed by atoms with Gasteiger partial charge in [-0.25, -0.2) is 4.98 Å². The van der Waals surface area contributed by atoms with E-state index in [0.29, 0.717) is 5.75 Å². The zero-order valence-corrected chi connectivity index (χ0v) is 9.06. The molecule has 0 unspecified atom stereocenters. The number of rotatable bonds is 2. The van der Waals surface area contributed by atoms with E-state index in [0.717, 1.165) is 11.2 Å². The van der Waals surface area contributed by atoms with Gasteiger partial charge >= 0.3 is 0 Å². The number of fused-ring (bicyclic) bond motifs is 1. The van der Waals surface area contributed by atoms with Crippen molar-refractivity contribution in [3.05, 3.63) is 30.2 Å². The van der Waals surface area contributed by atoms with Crippen LogP contribution in [-0.4, -0.2) is 21.6 Å². The molecule has 2 heterocycles. The topological polar surface area (TPSA) is 46.8 Å². The molecule has 80 valence electrons. The van der Waals surface area contributed by atoms with Gasteiger partial charge in [-0.1, -0.05) is 0 Å². The fourth-order valence-corrected chi connectivity index (χ4v) is 1.57. The number of aliphatic hydroxyl groups is 1. The van der Waals surface area contributed by atoms with E-state index in [4.69, 9.17) is 4.74 Å². The number of hydrogen-bond donors (Lipinski definition) is 1. The van der Waals surface area contributed by atoms with E-state index in [1.807, 2.05) is 22.9 Å². The van der Waals surface area contributed by atoms with Crippen LogP contribution in [0.3, 0.4) is 0 Å². The maximum Gasteiger partial charge on any atom is 0.140 e. The van der Waals surface area contributed by atoms with E-state index in [2.05, 4.69) is 4.98 Å². The van der Waals surface area contributed by atoms with Gasteiger partial charge in [0, 0.05) is 30.2 Å². The van der Waals surface area contributed by atoms with Crippen LogP contribution in [-0.2, 0) is 5.60 Å². The van der Waals surface area contributed by atoms with E-state index >= 15 is 0 Å². The van der Waals surface area contributed by atoms with Crippen molar-refractivity contribution in [1.29, 1.82) is 0 Å². The van der Waals surface area contributed by atoms with Crippen molar-refractivity contribution >= 4 is 5.65 Å². The molecule has 2 aromatic heterocycles. The van der Waals surface area contributed by atoms with Crippen molar-refractivity contribution < 1.29 is 9.84 Å². The van der Waals surface area contributed by atoms with Crippen molar-refractivity contribution in [1.82, 2.24) is 9.38 Å². The Bertz CT molecular complexity index is 483. The average molecular weight is 206 g/mol. The van der Waals surface area contributed by atoms with E-state index in [1.165, 1.54) is 0 Å². The summed E-state index contributed by atoms with van der Waals surface area (Å²) < 4.78 is 7.09.